The van der Waals surface area contributed by atoms with Gasteiger partial charge in [0.2, 0.25) is 5.91 Å². The molecule has 1 aromatic heterocycles. The van der Waals surface area contributed by atoms with Gasteiger partial charge in [-0.25, -0.2) is 4.79 Å². The summed E-state index contributed by atoms with van der Waals surface area (Å²) in [7, 11) is 0. The van der Waals surface area contributed by atoms with Gasteiger partial charge < -0.3 is 15.5 Å². The molecule has 5 nitrogen and oxygen atoms in total. The number of aliphatic carboxylic acids is 1. The fourth-order valence-corrected chi connectivity index (χ4v) is 1.94. The van der Waals surface area contributed by atoms with Crippen molar-refractivity contribution in [1.82, 2.24) is 5.32 Å². The fourth-order valence-electron chi connectivity index (χ4n) is 0.981. The molecule has 0 aromatic carbocycles. The van der Waals surface area contributed by atoms with Crippen LogP contribution in [-0.4, -0.2) is 34.7 Å². The summed E-state index contributed by atoms with van der Waals surface area (Å²) >= 11 is 6.99. The lowest BCUT2D eigenvalue weighted by Gasteiger charge is -2.08. The van der Waals surface area contributed by atoms with Crippen LogP contribution >= 0.6 is 22.9 Å². The highest BCUT2D eigenvalue weighted by atomic mass is 35.5. The van der Waals surface area contributed by atoms with E-state index in [9.17, 15) is 9.59 Å². The lowest BCUT2D eigenvalue weighted by molar-refractivity contribution is -0.142. The minimum Gasteiger partial charge on any atom is -0.480 e. The molecule has 0 fully saturated rings. The minimum absolute atomic E-state index is 0.587. The Bertz CT molecular complexity index is 443. The van der Waals surface area contributed by atoms with Gasteiger partial charge in [-0.2, -0.15) is 0 Å². The molecule has 1 atom stereocenters. The largest absolute Gasteiger partial charge is 0.480 e. The average Bonchev–Trinajstić information content (AvgIpc) is 2.68. The van der Waals surface area contributed by atoms with Crippen molar-refractivity contribution in [2.24, 2.45) is 0 Å². The van der Waals surface area contributed by atoms with Crippen LogP contribution < -0.4 is 5.32 Å². The van der Waals surface area contributed by atoms with Crippen LogP contribution in [0.4, 0.5) is 0 Å². The quantitative estimate of drug-likeness (QED) is 0.699. The Balaban J connectivity index is 2.54. The van der Waals surface area contributed by atoms with Crippen molar-refractivity contribution in [2.45, 2.75) is 6.04 Å². The maximum atomic E-state index is 11.3. The van der Waals surface area contributed by atoms with Gasteiger partial charge in [-0.3, -0.25) is 4.79 Å². The van der Waals surface area contributed by atoms with Gasteiger partial charge >= 0.3 is 5.97 Å². The van der Waals surface area contributed by atoms with Gasteiger partial charge in [0, 0.05) is 11.0 Å². The third kappa shape index (κ3) is 4.56. The molecule has 0 radical (unpaired) electrons. The molecule has 0 saturated carbocycles. The summed E-state index contributed by atoms with van der Waals surface area (Å²) in [6.45, 7) is -0.653. The van der Waals surface area contributed by atoms with Crippen molar-refractivity contribution in [3.63, 3.8) is 0 Å². The zero-order chi connectivity index (χ0) is 12.8. The number of halogens is 1. The van der Waals surface area contributed by atoms with Crippen LogP contribution in [0, 0.1) is 0 Å². The number of aliphatic hydroxyl groups is 1. The Morgan fingerprint density at radius 3 is 2.71 bits per heavy atom. The molecule has 0 spiro atoms. The van der Waals surface area contributed by atoms with Crippen LogP contribution in [-0.2, 0) is 9.59 Å². The number of carbonyl (C=O) groups is 2. The van der Waals surface area contributed by atoms with Crippen molar-refractivity contribution < 1.29 is 19.8 Å². The van der Waals surface area contributed by atoms with E-state index < -0.39 is 24.5 Å². The smallest absolute Gasteiger partial charge is 0.328 e. The number of nitrogens with one attached hydrogen (secondary N) is 1. The number of carboxylic acids is 1. The zero-order valence-electron chi connectivity index (χ0n) is 8.59. The van der Waals surface area contributed by atoms with Crippen LogP contribution in [0.1, 0.15) is 4.88 Å². The lowest BCUT2D eigenvalue weighted by atomic mass is 10.3. The number of hydrogen-bond donors (Lipinski definition) is 3. The second-order valence-electron chi connectivity index (χ2n) is 3.06. The summed E-state index contributed by atoms with van der Waals surface area (Å²) < 4.78 is 0.601. The van der Waals surface area contributed by atoms with Gasteiger partial charge in [0.15, 0.2) is 6.04 Å². The van der Waals surface area contributed by atoms with E-state index in [0.29, 0.717) is 4.34 Å². The van der Waals surface area contributed by atoms with Crippen LogP contribution in [0.15, 0.2) is 18.2 Å². The number of thiophene rings is 1. The molecular weight excluding hydrogens is 266 g/mol. The third-order valence-electron chi connectivity index (χ3n) is 1.79. The second kappa shape index (κ2) is 6.39. The van der Waals surface area contributed by atoms with Gasteiger partial charge in [-0.1, -0.05) is 11.6 Å². The minimum atomic E-state index is -1.29. The van der Waals surface area contributed by atoms with Crippen molar-refractivity contribution >= 4 is 40.9 Å². The number of carboxylic acid groups (broad SMARTS) is 1. The third-order valence-corrected chi connectivity index (χ3v) is 2.99. The first-order chi connectivity index (χ1) is 8.02. The molecule has 1 amide bonds. The number of rotatable bonds is 5. The molecule has 0 saturated heterocycles. The highest BCUT2D eigenvalue weighted by Gasteiger charge is 2.16. The molecule has 0 aliphatic carbocycles. The standard InChI is InChI=1S/C10H10ClNO4S/c11-8-3-1-6(17-8)2-4-9(14)12-7(5-13)10(15)16/h1-4,7,13H,5H2,(H,12,14)(H,15,16)/b4-2+/t7-/m0/s1. The van der Waals surface area contributed by atoms with E-state index in [4.69, 9.17) is 21.8 Å². The van der Waals surface area contributed by atoms with Crippen LogP contribution in [0.25, 0.3) is 6.08 Å². The molecule has 1 rings (SSSR count). The van der Waals surface area contributed by atoms with Crippen molar-refractivity contribution in [1.29, 1.82) is 0 Å². The van der Waals surface area contributed by atoms with Crippen LogP contribution in [0.2, 0.25) is 4.34 Å². The Hall–Kier alpha value is -1.37. The predicted molar refractivity (Wildman–Crippen MR) is 65.0 cm³/mol. The zero-order valence-corrected chi connectivity index (χ0v) is 10.2. The lowest BCUT2D eigenvalue weighted by Crippen LogP contribution is -2.42. The first-order valence-electron chi connectivity index (χ1n) is 4.60. The Kier molecular flexibility index (Phi) is 5.14. The molecule has 17 heavy (non-hydrogen) atoms. The number of aliphatic hydroxyl groups excluding tert-OH is 1. The Morgan fingerprint density at radius 2 is 2.24 bits per heavy atom. The molecular formula is C10H10ClNO4S. The normalized spacial score (nSPS) is 12.6. The van der Waals surface area contributed by atoms with Crippen LogP contribution in [0.3, 0.4) is 0 Å². The molecule has 1 aromatic rings. The van der Waals surface area contributed by atoms with Crippen LogP contribution in [0.5, 0.6) is 0 Å². The highest BCUT2D eigenvalue weighted by Crippen LogP contribution is 2.22. The van der Waals surface area contributed by atoms with E-state index in [1.807, 2.05) is 0 Å². The van der Waals surface area contributed by atoms with Gasteiger partial charge in [0.25, 0.3) is 0 Å². The molecule has 92 valence electrons. The van der Waals surface area contributed by atoms with E-state index in [1.54, 1.807) is 12.1 Å². The maximum absolute atomic E-state index is 11.3. The Morgan fingerprint density at radius 1 is 1.53 bits per heavy atom. The molecule has 0 unspecified atom stereocenters. The van der Waals surface area contributed by atoms with Gasteiger partial charge in [-0.05, 0) is 18.2 Å². The Labute approximate surface area is 106 Å². The molecule has 7 heteroatoms. The second-order valence-corrected chi connectivity index (χ2v) is 4.80. The molecule has 3 N–H and O–H groups in total. The monoisotopic (exact) mass is 275 g/mol. The average molecular weight is 276 g/mol. The SMILES string of the molecule is O=C(/C=C/c1ccc(Cl)s1)N[C@@H](CO)C(=O)O. The van der Waals surface area contributed by atoms with E-state index in [0.717, 1.165) is 4.88 Å². The number of hydrogen-bond acceptors (Lipinski definition) is 4. The van der Waals surface area contributed by atoms with Crippen molar-refractivity contribution in [3.05, 3.63) is 27.4 Å². The predicted octanol–water partition coefficient (Wildman–Crippen LogP) is 0.976. The van der Waals surface area contributed by atoms with E-state index in [-0.39, 0.29) is 0 Å². The summed E-state index contributed by atoms with van der Waals surface area (Å²) in [5.74, 6) is -1.87. The number of amides is 1. The van der Waals surface area contributed by atoms with Crippen molar-refractivity contribution in [3.8, 4) is 0 Å². The first kappa shape index (κ1) is 13.7. The van der Waals surface area contributed by atoms with E-state index in [2.05, 4.69) is 5.32 Å². The maximum Gasteiger partial charge on any atom is 0.328 e. The van der Waals surface area contributed by atoms with Crippen molar-refractivity contribution in [2.75, 3.05) is 6.61 Å². The summed E-state index contributed by atoms with van der Waals surface area (Å²) in [5.41, 5.74) is 0. The first-order valence-corrected chi connectivity index (χ1v) is 5.80. The summed E-state index contributed by atoms with van der Waals surface area (Å²) in [6, 6.07) is 2.13. The molecule has 0 aliphatic rings. The van der Waals surface area contributed by atoms with E-state index >= 15 is 0 Å². The molecule has 1 heterocycles. The van der Waals surface area contributed by atoms with E-state index in [1.165, 1.54) is 23.5 Å². The number of carbonyl (C=O) groups excluding carboxylic acids is 1. The molecule has 0 bridgehead atoms. The topological polar surface area (TPSA) is 86.6 Å². The highest BCUT2D eigenvalue weighted by molar-refractivity contribution is 7.17. The molecule has 0 aliphatic heterocycles. The van der Waals surface area contributed by atoms with Gasteiger partial charge in [0.05, 0.1) is 10.9 Å². The van der Waals surface area contributed by atoms with Gasteiger partial charge in [-0.15, -0.1) is 11.3 Å². The summed E-state index contributed by atoms with van der Waals surface area (Å²) in [4.78, 5) is 22.6. The fraction of sp³-hybridized carbons (Fsp3) is 0.200. The van der Waals surface area contributed by atoms with Gasteiger partial charge in [0.1, 0.15) is 0 Å². The summed E-state index contributed by atoms with van der Waals surface area (Å²) in [6.07, 6.45) is 2.70. The summed E-state index contributed by atoms with van der Waals surface area (Å²) in [5, 5.41) is 19.4.